The predicted molar refractivity (Wildman–Crippen MR) is 59.8 cm³/mol. The van der Waals surface area contributed by atoms with Gasteiger partial charge in [0.15, 0.2) is 5.75 Å². The number of carbonyl (C=O) groups is 1. The Bertz CT molecular complexity index is 480. The first-order valence-corrected chi connectivity index (χ1v) is 6.97. The van der Waals surface area contributed by atoms with Crippen LogP contribution in [0, 0.1) is 6.92 Å². The molecule has 1 atom stereocenters. The maximum absolute atomic E-state index is 11.3. The first kappa shape index (κ1) is 13.1. The quantitative estimate of drug-likeness (QED) is 0.808. The van der Waals surface area contributed by atoms with Crippen molar-refractivity contribution in [2.45, 2.75) is 19.9 Å². The number of aryl methyl sites for hydroxylation is 1. The van der Waals surface area contributed by atoms with Gasteiger partial charge in [-0.05, 0) is 13.8 Å². The highest BCUT2D eigenvalue weighted by molar-refractivity contribution is 7.90. The third-order valence-electron chi connectivity index (χ3n) is 1.68. The van der Waals surface area contributed by atoms with Crippen LogP contribution in [0.1, 0.15) is 23.7 Å². The van der Waals surface area contributed by atoms with E-state index in [4.69, 9.17) is 5.11 Å². The van der Waals surface area contributed by atoms with Gasteiger partial charge in [-0.15, -0.1) is 11.3 Å². The highest BCUT2D eigenvalue weighted by Crippen LogP contribution is 2.18. The monoisotopic (exact) mass is 264 g/mol. The average Bonchev–Trinajstić information content (AvgIpc) is 2.47. The van der Waals surface area contributed by atoms with E-state index in [-0.39, 0.29) is 0 Å². The molecule has 0 aliphatic rings. The lowest BCUT2D eigenvalue weighted by molar-refractivity contribution is -0.134. The SMILES string of the molecule is Cc1csc(C(C)NS(=O)(=O)CC(=O)O)n1. The summed E-state index contributed by atoms with van der Waals surface area (Å²) in [5.74, 6) is -2.31. The Morgan fingerprint density at radius 2 is 2.31 bits per heavy atom. The molecule has 16 heavy (non-hydrogen) atoms. The van der Waals surface area contributed by atoms with E-state index in [9.17, 15) is 13.2 Å². The molecule has 2 N–H and O–H groups in total. The largest absolute Gasteiger partial charge is 0.480 e. The lowest BCUT2D eigenvalue weighted by Crippen LogP contribution is -2.32. The predicted octanol–water partition coefficient (Wildman–Crippen LogP) is 0.517. The zero-order chi connectivity index (χ0) is 12.3. The molecule has 0 bridgehead atoms. The summed E-state index contributed by atoms with van der Waals surface area (Å²) in [5, 5.41) is 10.8. The molecule has 0 saturated carbocycles. The maximum Gasteiger partial charge on any atom is 0.320 e. The van der Waals surface area contributed by atoms with Crippen LogP contribution in [0.5, 0.6) is 0 Å². The van der Waals surface area contributed by atoms with Gasteiger partial charge in [0, 0.05) is 11.1 Å². The van der Waals surface area contributed by atoms with Crippen molar-refractivity contribution < 1.29 is 18.3 Å². The number of rotatable bonds is 5. The lowest BCUT2D eigenvalue weighted by atomic mass is 10.4. The summed E-state index contributed by atoms with van der Waals surface area (Å²) in [7, 11) is -3.80. The smallest absolute Gasteiger partial charge is 0.320 e. The Labute approximate surface area is 97.4 Å². The first-order chi connectivity index (χ1) is 7.30. The Morgan fingerprint density at radius 1 is 1.69 bits per heavy atom. The van der Waals surface area contributed by atoms with Gasteiger partial charge in [-0.2, -0.15) is 0 Å². The summed E-state index contributed by atoms with van der Waals surface area (Å²) in [6.45, 7) is 3.43. The molecule has 90 valence electrons. The van der Waals surface area contributed by atoms with Crippen molar-refractivity contribution in [2.24, 2.45) is 0 Å². The van der Waals surface area contributed by atoms with Gasteiger partial charge >= 0.3 is 5.97 Å². The molecule has 6 nitrogen and oxygen atoms in total. The van der Waals surface area contributed by atoms with E-state index in [1.54, 1.807) is 19.2 Å². The van der Waals surface area contributed by atoms with Crippen LogP contribution in [0.4, 0.5) is 0 Å². The number of hydrogen-bond donors (Lipinski definition) is 2. The molecule has 1 aromatic heterocycles. The van der Waals surface area contributed by atoms with Crippen LogP contribution in [0.15, 0.2) is 5.38 Å². The van der Waals surface area contributed by atoms with E-state index in [1.807, 2.05) is 0 Å². The topological polar surface area (TPSA) is 96.4 Å². The van der Waals surface area contributed by atoms with Crippen LogP contribution in [-0.2, 0) is 14.8 Å². The van der Waals surface area contributed by atoms with Crippen LogP contribution >= 0.6 is 11.3 Å². The zero-order valence-electron chi connectivity index (χ0n) is 8.80. The Balaban J connectivity index is 2.71. The van der Waals surface area contributed by atoms with E-state index in [1.165, 1.54) is 11.3 Å². The van der Waals surface area contributed by atoms with Crippen LogP contribution in [-0.4, -0.2) is 30.2 Å². The molecule has 1 heterocycles. The number of aromatic nitrogens is 1. The van der Waals surface area contributed by atoms with Crippen molar-refractivity contribution in [1.82, 2.24) is 9.71 Å². The van der Waals surface area contributed by atoms with E-state index < -0.39 is 27.8 Å². The highest BCUT2D eigenvalue weighted by Gasteiger charge is 2.20. The number of thiazole rings is 1. The van der Waals surface area contributed by atoms with Gasteiger partial charge in [0.25, 0.3) is 0 Å². The maximum atomic E-state index is 11.3. The summed E-state index contributed by atoms with van der Waals surface area (Å²) in [5.41, 5.74) is 0.810. The molecule has 0 spiro atoms. The summed E-state index contributed by atoms with van der Waals surface area (Å²) in [6, 6.07) is -0.511. The summed E-state index contributed by atoms with van der Waals surface area (Å²) >= 11 is 1.33. The lowest BCUT2D eigenvalue weighted by Gasteiger charge is -2.10. The summed E-state index contributed by atoms with van der Waals surface area (Å²) < 4.78 is 24.9. The molecular formula is C8H12N2O4S2. The minimum atomic E-state index is -3.80. The Morgan fingerprint density at radius 3 is 2.75 bits per heavy atom. The molecule has 1 rings (SSSR count). The fourth-order valence-electron chi connectivity index (χ4n) is 1.10. The second-order valence-corrected chi connectivity index (χ2v) is 5.96. The molecule has 0 amide bonds. The molecule has 0 aliphatic carbocycles. The van der Waals surface area contributed by atoms with Crippen molar-refractivity contribution in [3.63, 3.8) is 0 Å². The van der Waals surface area contributed by atoms with Crippen molar-refractivity contribution in [2.75, 3.05) is 5.75 Å². The number of carboxylic acids is 1. The van der Waals surface area contributed by atoms with Crippen LogP contribution < -0.4 is 4.72 Å². The molecule has 1 aromatic rings. The highest BCUT2D eigenvalue weighted by atomic mass is 32.2. The van der Waals surface area contributed by atoms with E-state index >= 15 is 0 Å². The number of nitrogens with zero attached hydrogens (tertiary/aromatic N) is 1. The second kappa shape index (κ2) is 4.89. The van der Waals surface area contributed by atoms with Gasteiger partial charge in [0.1, 0.15) is 5.01 Å². The Kier molecular flexibility index (Phi) is 4.00. The molecule has 0 aromatic carbocycles. The Hall–Kier alpha value is -0.990. The number of nitrogens with one attached hydrogen (secondary N) is 1. The van der Waals surface area contributed by atoms with Crippen LogP contribution in [0.3, 0.4) is 0 Å². The first-order valence-electron chi connectivity index (χ1n) is 4.44. The van der Waals surface area contributed by atoms with Crippen LogP contribution in [0.2, 0.25) is 0 Å². The summed E-state index contributed by atoms with van der Waals surface area (Å²) in [6.07, 6.45) is 0. The third kappa shape index (κ3) is 3.87. The minimum Gasteiger partial charge on any atom is -0.480 e. The average molecular weight is 264 g/mol. The number of carboxylic acid groups (broad SMARTS) is 1. The molecule has 0 saturated heterocycles. The van der Waals surface area contributed by atoms with E-state index in [2.05, 4.69) is 9.71 Å². The fraction of sp³-hybridized carbons (Fsp3) is 0.500. The van der Waals surface area contributed by atoms with Crippen molar-refractivity contribution in [3.8, 4) is 0 Å². The van der Waals surface area contributed by atoms with E-state index in [0.717, 1.165) is 5.69 Å². The van der Waals surface area contributed by atoms with Crippen LogP contribution in [0.25, 0.3) is 0 Å². The van der Waals surface area contributed by atoms with Crippen molar-refractivity contribution >= 4 is 27.3 Å². The zero-order valence-corrected chi connectivity index (χ0v) is 10.4. The fourth-order valence-corrected chi connectivity index (χ4v) is 3.03. The molecule has 0 aliphatic heterocycles. The molecule has 8 heteroatoms. The standard InChI is InChI=1S/C8H12N2O4S2/c1-5-3-15-8(9-5)6(2)10-16(13,14)4-7(11)12/h3,6,10H,4H2,1-2H3,(H,11,12). The third-order valence-corrected chi connectivity index (χ3v) is 4.16. The normalized spacial score (nSPS) is 13.6. The van der Waals surface area contributed by atoms with E-state index in [0.29, 0.717) is 5.01 Å². The number of hydrogen-bond acceptors (Lipinski definition) is 5. The van der Waals surface area contributed by atoms with Crippen molar-refractivity contribution in [1.29, 1.82) is 0 Å². The van der Waals surface area contributed by atoms with Gasteiger partial charge < -0.3 is 5.11 Å². The van der Waals surface area contributed by atoms with Gasteiger partial charge in [0.2, 0.25) is 10.0 Å². The van der Waals surface area contributed by atoms with Gasteiger partial charge in [0.05, 0.1) is 6.04 Å². The minimum absolute atomic E-state index is 0.511. The van der Waals surface area contributed by atoms with Gasteiger partial charge in [-0.1, -0.05) is 0 Å². The van der Waals surface area contributed by atoms with Gasteiger partial charge in [-0.3, -0.25) is 4.79 Å². The molecule has 1 unspecified atom stereocenters. The molecule has 0 radical (unpaired) electrons. The number of sulfonamides is 1. The number of aliphatic carboxylic acids is 1. The van der Waals surface area contributed by atoms with Gasteiger partial charge in [-0.25, -0.2) is 18.1 Å². The molecule has 0 fully saturated rings. The second-order valence-electron chi connectivity index (χ2n) is 3.32. The molecular weight excluding hydrogens is 252 g/mol. The summed E-state index contributed by atoms with van der Waals surface area (Å²) in [4.78, 5) is 14.4. The van der Waals surface area contributed by atoms with Crippen molar-refractivity contribution in [3.05, 3.63) is 16.1 Å².